The van der Waals surface area contributed by atoms with Gasteiger partial charge in [0, 0.05) is 9.35 Å². The van der Waals surface area contributed by atoms with Crippen molar-refractivity contribution in [1.29, 1.82) is 0 Å². The van der Waals surface area contributed by atoms with Crippen LogP contribution in [0.5, 0.6) is 0 Å². The van der Waals surface area contributed by atoms with E-state index in [2.05, 4.69) is 37.9 Å². The molecule has 2 heterocycles. The molecule has 5 heteroatoms. The number of carbonyl (C=O) groups excluding carboxylic acids is 1. The maximum Gasteiger partial charge on any atom is 0.213 e. The van der Waals surface area contributed by atoms with Gasteiger partial charge in [0.05, 0.1) is 13.5 Å². The Morgan fingerprint density at radius 2 is 1.88 bits per heavy atom. The molecular weight excluding hydrogens is 372 g/mol. The van der Waals surface area contributed by atoms with E-state index in [1.165, 1.54) is 16.2 Å². The zero-order valence-corrected chi connectivity index (χ0v) is 13.4. The van der Waals surface area contributed by atoms with Crippen LogP contribution in [-0.4, -0.2) is 5.78 Å². The summed E-state index contributed by atoms with van der Waals surface area (Å²) in [7, 11) is 0. The highest BCUT2D eigenvalue weighted by molar-refractivity contribution is 9.13. The molecule has 0 saturated carbocycles. The molecular formula is C11H8Br2OS2. The Kier molecular flexibility index (Phi) is 3.69. The molecule has 0 bridgehead atoms. The van der Waals surface area contributed by atoms with Crippen LogP contribution in [0.2, 0.25) is 0 Å². The average molecular weight is 380 g/mol. The second-order valence-corrected chi connectivity index (χ2v) is 7.91. The van der Waals surface area contributed by atoms with Gasteiger partial charge in [0.1, 0.15) is 0 Å². The Labute approximate surface area is 119 Å². The summed E-state index contributed by atoms with van der Waals surface area (Å²) in [5.41, 5.74) is 1.06. The largest absolute Gasteiger partial charge is 0.287 e. The summed E-state index contributed by atoms with van der Waals surface area (Å²) in [6, 6.07) is 3.92. The molecule has 0 aliphatic heterocycles. The first-order chi connectivity index (χ1) is 7.49. The van der Waals surface area contributed by atoms with Gasteiger partial charge in [-0.05, 0) is 63.4 Å². The Bertz CT molecular complexity index is 535. The van der Waals surface area contributed by atoms with Crippen molar-refractivity contribution in [1.82, 2.24) is 0 Å². The SMILES string of the molecule is Cc1cc(C)c(C(=O)c2cc(Br)c(Br)s2)s1. The minimum Gasteiger partial charge on any atom is -0.287 e. The Morgan fingerprint density at radius 1 is 1.19 bits per heavy atom. The minimum atomic E-state index is 0.118. The molecule has 2 rings (SSSR count). The van der Waals surface area contributed by atoms with Crippen LogP contribution in [0.3, 0.4) is 0 Å². The van der Waals surface area contributed by atoms with Gasteiger partial charge < -0.3 is 0 Å². The monoisotopic (exact) mass is 378 g/mol. The van der Waals surface area contributed by atoms with E-state index in [0.717, 1.165) is 23.6 Å². The highest BCUT2D eigenvalue weighted by Gasteiger charge is 2.17. The third-order valence-electron chi connectivity index (χ3n) is 2.12. The molecule has 0 aromatic carbocycles. The summed E-state index contributed by atoms with van der Waals surface area (Å²) in [5.74, 6) is 0.118. The molecule has 0 fully saturated rings. The third kappa shape index (κ3) is 2.32. The third-order valence-corrected chi connectivity index (χ3v) is 6.52. The first kappa shape index (κ1) is 12.5. The number of thiophene rings is 2. The van der Waals surface area contributed by atoms with E-state index in [9.17, 15) is 4.79 Å². The summed E-state index contributed by atoms with van der Waals surface area (Å²) in [5, 5.41) is 0. The Hall–Kier alpha value is 0.0300. The van der Waals surface area contributed by atoms with Crippen molar-refractivity contribution in [3.63, 3.8) is 0 Å². The summed E-state index contributed by atoms with van der Waals surface area (Å²) in [6.07, 6.45) is 0. The molecule has 0 amide bonds. The summed E-state index contributed by atoms with van der Waals surface area (Å²) < 4.78 is 1.90. The van der Waals surface area contributed by atoms with Crippen molar-refractivity contribution in [3.8, 4) is 0 Å². The van der Waals surface area contributed by atoms with Crippen molar-refractivity contribution >= 4 is 60.3 Å². The van der Waals surface area contributed by atoms with Gasteiger partial charge in [-0.15, -0.1) is 22.7 Å². The topological polar surface area (TPSA) is 17.1 Å². The van der Waals surface area contributed by atoms with Gasteiger partial charge in [-0.1, -0.05) is 0 Å². The highest BCUT2D eigenvalue weighted by atomic mass is 79.9. The number of halogens is 2. The molecule has 16 heavy (non-hydrogen) atoms. The second kappa shape index (κ2) is 4.72. The minimum absolute atomic E-state index is 0.118. The molecule has 0 N–H and O–H groups in total. The van der Waals surface area contributed by atoms with Gasteiger partial charge in [-0.25, -0.2) is 0 Å². The molecule has 0 radical (unpaired) electrons. The predicted molar refractivity (Wildman–Crippen MR) is 76.9 cm³/mol. The first-order valence-corrected chi connectivity index (χ1v) is 7.77. The Balaban J connectivity index is 2.42. The van der Waals surface area contributed by atoms with E-state index < -0.39 is 0 Å². The molecule has 0 aliphatic rings. The zero-order valence-electron chi connectivity index (χ0n) is 8.64. The highest BCUT2D eigenvalue weighted by Crippen LogP contribution is 2.35. The fourth-order valence-corrected chi connectivity index (χ4v) is 4.46. The van der Waals surface area contributed by atoms with Gasteiger partial charge >= 0.3 is 0 Å². The zero-order chi connectivity index (χ0) is 11.9. The maximum atomic E-state index is 12.2. The number of rotatable bonds is 2. The van der Waals surface area contributed by atoms with Crippen LogP contribution in [-0.2, 0) is 0 Å². The Morgan fingerprint density at radius 3 is 2.31 bits per heavy atom. The average Bonchev–Trinajstić information content (AvgIpc) is 2.70. The van der Waals surface area contributed by atoms with E-state index in [0.29, 0.717) is 0 Å². The van der Waals surface area contributed by atoms with Gasteiger partial charge in [0.2, 0.25) is 5.78 Å². The molecule has 1 nitrogen and oxygen atoms in total. The summed E-state index contributed by atoms with van der Waals surface area (Å²) >= 11 is 9.82. The van der Waals surface area contributed by atoms with Crippen molar-refractivity contribution in [2.24, 2.45) is 0 Å². The fourth-order valence-electron chi connectivity index (χ4n) is 1.44. The molecule has 0 unspecified atom stereocenters. The first-order valence-electron chi connectivity index (χ1n) is 4.55. The van der Waals surface area contributed by atoms with E-state index in [1.807, 2.05) is 19.9 Å². The number of aryl methyl sites for hydroxylation is 2. The molecule has 0 spiro atoms. The lowest BCUT2D eigenvalue weighted by Crippen LogP contribution is -1.96. The van der Waals surface area contributed by atoms with E-state index in [4.69, 9.17) is 0 Å². The van der Waals surface area contributed by atoms with E-state index >= 15 is 0 Å². The van der Waals surface area contributed by atoms with Crippen LogP contribution in [0.25, 0.3) is 0 Å². The lowest BCUT2D eigenvalue weighted by molar-refractivity contribution is 0.104. The van der Waals surface area contributed by atoms with Crippen LogP contribution in [0.1, 0.15) is 25.0 Å². The molecule has 0 aliphatic carbocycles. The van der Waals surface area contributed by atoms with E-state index in [-0.39, 0.29) is 5.78 Å². The van der Waals surface area contributed by atoms with Crippen LogP contribution in [0.15, 0.2) is 20.4 Å². The standard InChI is InChI=1S/C11H8Br2OS2/c1-5-3-6(2)15-10(5)9(14)8-4-7(12)11(13)16-8/h3-4H,1-2H3. The van der Waals surface area contributed by atoms with Crippen LogP contribution in [0, 0.1) is 13.8 Å². The predicted octanol–water partition coefficient (Wildman–Crippen LogP) is 5.18. The molecule has 0 atom stereocenters. The molecule has 0 saturated heterocycles. The van der Waals surface area contributed by atoms with Crippen molar-refractivity contribution in [2.75, 3.05) is 0 Å². The molecule has 2 aromatic rings. The second-order valence-electron chi connectivity index (χ2n) is 3.43. The van der Waals surface area contributed by atoms with Crippen LogP contribution < -0.4 is 0 Å². The normalized spacial score (nSPS) is 10.8. The van der Waals surface area contributed by atoms with E-state index in [1.54, 1.807) is 11.3 Å². The lowest BCUT2D eigenvalue weighted by atomic mass is 10.2. The van der Waals surface area contributed by atoms with Crippen LogP contribution >= 0.6 is 54.5 Å². The molecule has 2 aromatic heterocycles. The number of hydrogen-bond acceptors (Lipinski definition) is 3. The smallest absolute Gasteiger partial charge is 0.213 e. The summed E-state index contributed by atoms with van der Waals surface area (Å²) in [4.78, 5) is 15.0. The molecule has 84 valence electrons. The fraction of sp³-hybridized carbons (Fsp3) is 0.182. The quantitative estimate of drug-likeness (QED) is 0.656. The summed E-state index contributed by atoms with van der Waals surface area (Å²) in [6.45, 7) is 4.00. The number of ketones is 1. The van der Waals surface area contributed by atoms with Gasteiger partial charge in [0.15, 0.2) is 0 Å². The van der Waals surface area contributed by atoms with Gasteiger partial charge in [-0.3, -0.25) is 4.79 Å². The number of carbonyl (C=O) groups is 1. The van der Waals surface area contributed by atoms with Crippen LogP contribution in [0.4, 0.5) is 0 Å². The van der Waals surface area contributed by atoms with Crippen molar-refractivity contribution in [2.45, 2.75) is 13.8 Å². The number of hydrogen-bond donors (Lipinski definition) is 0. The lowest BCUT2D eigenvalue weighted by Gasteiger charge is -1.94. The van der Waals surface area contributed by atoms with Gasteiger partial charge in [0.25, 0.3) is 0 Å². The maximum absolute atomic E-state index is 12.2. The van der Waals surface area contributed by atoms with Crippen molar-refractivity contribution in [3.05, 3.63) is 40.6 Å². The van der Waals surface area contributed by atoms with Crippen molar-refractivity contribution < 1.29 is 4.79 Å². The van der Waals surface area contributed by atoms with Gasteiger partial charge in [-0.2, -0.15) is 0 Å².